The van der Waals surface area contributed by atoms with Gasteiger partial charge in [-0.25, -0.2) is 9.97 Å². The molecule has 8 saturated carbocycles. The molecule has 1 heterocycles. The topological polar surface area (TPSA) is 84.0 Å². The molecule has 8 bridgehead atoms. The lowest BCUT2D eigenvalue weighted by Crippen LogP contribution is -2.59. The van der Waals surface area contributed by atoms with Crippen molar-refractivity contribution < 1.29 is 9.59 Å². The van der Waals surface area contributed by atoms with Crippen molar-refractivity contribution in [1.29, 1.82) is 0 Å². The zero-order valence-corrected chi connectivity index (χ0v) is 18.8. The first kappa shape index (κ1) is 19.5. The van der Waals surface area contributed by atoms with Crippen molar-refractivity contribution in [3.8, 4) is 0 Å². The highest BCUT2D eigenvalue weighted by Gasteiger charge is 2.55. The van der Waals surface area contributed by atoms with Gasteiger partial charge in [-0.05, 0) is 113 Å². The summed E-state index contributed by atoms with van der Waals surface area (Å²) >= 11 is 0. The van der Waals surface area contributed by atoms with E-state index in [9.17, 15) is 9.59 Å². The van der Waals surface area contributed by atoms with Crippen LogP contribution in [-0.2, 0) is 4.79 Å². The van der Waals surface area contributed by atoms with Gasteiger partial charge < -0.3 is 5.32 Å². The van der Waals surface area contributed by atoms with Gasteiger partial charge in [0.05, 0.1) is 11.0 Å². The number of hydrogen-bond donors (Lipinski definition) is 2. The first-order valence-electron chi connectivity index (χ1n) is 12.9. The highest BCUT2D eigenvalue weighted by atomic mass is 16.2. The summed E-state index contributed by atoms with van der Waals surface area (Å²) in [5, 5.41) is 6.38. The maximum absolute atomic E-state index is 13.2. The summed E-state index contributed by atoms with van der Waals surface area (Å²) in [6.07, 6.45) is 17.6. The van der Waals surface area contributed by atoms with E-state index in [4.69, 9.17) is 0 Å². The van der Waals surface area contributed by atoms with Crippen LogP contribution in [0.1, 0.15) is 87.4 Å². The third kappa shape index (κ3) is 3.12. The molecule has 8 aliphatic rings. The van der Waals surface area contributed by atoms with Gasteiger partial charge in [0.1, 0.15) is 0 Å². The van der Waals surface area contributed by atoms with Crippen LogP contribution in [0.15, 0.2) is 12.4 Å². The van der Waals surface area contributed by atoms with Gasteiger partial charge in [0.25, 0.3) is 5.91 Å². The second-order valence-electron chi connectivity index (χ2n) is 12.6. The monoisotopic (exact) mass is 434 g/mol. The Morgan fingerprint density at radius 1 is 0.719 bits per heavy atom. The number of anilines is 1. The van der Waals surface area contributed by atoms with E-state index < -0.39 is 0 Å². The normalized spacial score (nSPS) is 45.1. The van der Waals surface area contributed by atoms with Crippen LogP contribution >= 0.6 is 0 Å². The van der Waals surface area contributed by atoms with Crippen molar-refractivity contribution in [3.05, 3.63) is 18.0 Å². The second kappa shape index (κ2) is 6.77. The van der Waals surface area contributed by atoms with Crippen LogP contribution < -0.4 is 10.6 Å². The Labute approximate surface area is 189 Å². The highest BCUT2D eigenvalue weighted by molar-refractivity contribution is 5.96. The van der Waals surface area contributed by atoms with Crippen molar-refractivity contribution in [2.75, 3.05) is 5.32 Å². The molecule has 6 heteroatoms. The molecule has 32 heavy (non-hydrogen) atoms. The largest absolute Gasteiger partial charge is 0.346 e. The fourth-order valence-electron chi connectivity index (χ4n) is 9.71. The number of carbonyl (C=O) groups is 2. The third-order valence-electron chi connectivity index (χ3n) is 10.1. The van der Waals surface area contributed by atoms with E-state index in [0.29, 0.717) is 11.5 Å². The first-order chi connectivity index (χ1) is 15.5. The number of rotatable bonds is 4. The van der Waals surface area contributed by atoms with Crippen LogP contribution in [0.25, 0.3) is 0 Å². The molecule has 0 atom stereocenters. The molecule has 0 aliphatic heterocycles. The minimum absolute atomic E-state index is 0.0166. The Hall–Kier alpha value is -1.98. The Balaban J connectivity index is 1.02. The maximum atomic E-state index is 13.2. The van der Waals surface area contributed by atoms with Crippen LogP contribution in [0.4, 0.5) is 5.95 Å². The SMILES string of the molecule is O=C(NC12CC3CC(CC(C3)C1)C2)c1cnc(NC(=O)C23CC4CC(CC(C4)C2)C3)nc1. The quantitative estimate of drug-likeness (QED) is 0.739. The molecule has 170 valence electrons. The van der Waals surface area contributed by atoms with E-state index in [0.717, 1.165) is 74.0 Å². The standard InChI is InChI=1S/C26H34N4O2/c31-22(30-26-10-18-4-19(11-26)6-20(5-18)12-26)21-13-27-24(28-14-21)29-23(32)25-7-15-1-16(8-25)3-17(2-15)9-25/h13-20H,1-12H2,(H,30,31)(H,27,28,29,32). The Morgan fingerprint density at radius 2 is 1.16 bits per heavy atom. The van der Waals surface area contributed by atoms with Gasteiger partial charge in [-0.15, -0.1) is 0 Å². The molecule has 2 N–H and O–H groups in total. The minimum atomic E-state index is -0.216. The number of hydrogen-bond acceptors (Lipinski definition) is 4. The van der Waals surface area contributed by atoms with E-state index >= 15 is 0 Å². The van der Waals surface area contributed by atoms with E-state index in [1.165, 1.54) is 38.5 Å². The first-order valence-corrected chi connectivity index (χ1v) is 12.9. The van der Waals surface area contributed by atoms with Crippen molar-refractivity contribution >= 4 is 17.8 Å². The van der Waals surface area contributed by atoms with E-state index in [2.05, 4.69) is 20.6 Å². The molecule has 0 spiro atoms. The van der Waals surface area contributed by atoms with Crippen molar-refractivity contribution in [2.24, 2.45) is 40.9 Å². The van der Waals surface area contributed by atoms with Crippen LogP contribution in [0.5, 0.6) is 0 Å². The lowest BCUT2D eigenvalue weighted by atomic mass is 9.49. The molecular formula is C26H34N4O2. The van der Waals surface area contributed by atoms with Crippen molar-refractivity contribution in [3.63, 3.8) is 0 Å². The predicted octanol–water partition coefficient (Wildman–Crippen LogP) is 4.33. The molecule has 2 amide bonds. The fourth-order valence-corrected chi connectivity index (χ4v) is 9.71. The van der Waals surface area contributed by atoms with Gasteiger partial charge in [-0.1, -0.05) is 0 Å². The summed E-state index contributed by atoms with van der Waals surface area (Å²) in [5.74, 6) is 4.92. The van der Waals surface area contributed by atoms with Crippen molar-refractivity contribution in [1.82, 2.24) is 15.3 Å². The van der Waals surface area contributed by atoms with E-state index in [-0.39, 0.29) is 22.8 Å². The molecule has 1 aromatic rings. The fraction of sp³-hybridized carbons (Fsp3) is 0.769. The maximum Gasteiger partial charge on any atom is 0.254 e. The Bertz CT molecular complexity index is 885. The van der Waals surface area contributed by atoms with E-state index in [1.54, 1.807) is 12.4 Å². The summed E-state index contributed by atoms with van der Waals surface area (Å²) in [4.78, 5) is 35.0. The van der Waals surface area contributed by atoms with Gasteiger partial charge in [0, 0.05) is 17.9 Å². The number of nitrogens with one attached hydrogen (secondary N) is 2. The van der Waals surface area contributed by atoms with Gasteiger partial charge in [-0.3, -0.25) is 14.9 Å². The lowest BCUT2D eigenvalue weighted by Gasteiger charge is -2.56. The van der Waals surface area contributed by atoms with Gasteiger partial charge in [-0.2, -0.15) is 0 Å². The lowest BCUT2D eigenvalue weighted by molar-refractivity contribution is -0.140. The Kier molecular flexibility index (Phi) is 4.12. The zero-order valence-electron chi connectivity index (χ0n) is 18.8. The molecule has 9 rings (SSSR count). The molecule has 0 saturated heterocycles. The summed E-state index contributed by atoms with van der Waals surface area (Å²) in [5.41, 5.74) is 0.262. The molecule has 0 aromatic carbocycles. The average Bonchev–Trinajstić information content (AvgIpc) is 2.72. The van der Waals surface area contributed by atoms with Crippen LogP contribution in [0.3, 0.4) is 0 Å². The Morgan fingerprint density at radius 3 is 1.62 bits per heavy atom. The molecule has 1 aromatic heterocycles. The van der Waals surface area contributed by atoms with Gasteiger partial charge in [0.2, 0.25) is 11.9 Å². The molecule has 0 radical (unpaired) electrons. The number of amides is 2. The summed E-state index contributed by atoms with van der Waals surface area (Å²) in [7, 11) is 0. The number of carbonyl (C=O) groups excluding carboxylic acids is 2. The van der Waals surface area contributed by atoms with Gasteiger partial charge >= 0.3 is 0 Å². The molecular weight excluding hydrogens is 400 g/mol. The zero-order chi connectivity index (χ0) is 21.5. The smallest absolute Gasteiger partial charge is 0.254 e. The predicted molar refractivity (Wildman–Crippen MR) is 120 cm³/mol. The second-order valence-corrected chi connectivity index (χ2v) is 12.6. The highest BCUT2D eigenvalue weighted by Crippen LogP contribution is 2.60. The van der Waals surface area contributed by atoms with Crippen LogP contribution in [-0.4, -0.2) is 27.3 Å². The number of nitrogens with zero attached hydrogens (tertiary/aromatic N) is 2. The van der Waals surface area contributed by atoms with Crippen molar-refractivity contribution in [2.45, 2.75) is 82.6 Å². The van der Waals surface area contributed by atoms with Crippen LogP contribution in [0.2, 0.25) is 0 Å². The molecule has 8 fully saturated rings. The molecule has 6 nitrogen and oxygen atoms in total. The van der Waals surface area contributed by atoms with Crippen LogP contribution in [0, 0.1) is 40.9 Å². The molecule has 8 aliphatic carbocycles. The minimum Gasteiger partial charge on any atom is -0.346 e. The molecule has 0 unspecified atom stereocenters. The van der Waals surface area contributed by atoms with E-state index in [1.807, 2.05) is 0 Å². The number of aromatic nitrogens is 2. The third-order valence-corrected chi connectivity index (χ3v) is 10.1. The summed E-state index contributed by atoms with van der Waals surface area (Å²) in [6, 6.07) is 0. The summed E-state index contributed by atoms with van der Waals surface area (Å²) < 4.78 is 0. The summed E-state index contributed by atoms with van der Waals surface area (Å²) in [6.45, 7) is 0. The van der Waals surface area contributed by atoms with Gasteiger partial charge in [0.15, 0.2) is 0 Å². The average molecular weight is 435 g/mol.